The molecule has 2 fully saturated rings. The number of piperidine rings is 1. The van der Waals surface area contributed by atoms with Gasteiger partial charge in [-0.25, -0.2) is 0 Å². The van der Waals surface area contributed by atoms with Crippen LogP contribution in [0.25, 0.3) is 0 Å². The van der Waals surface area contributed by atoms with E-state index in [4.69, 9.17) is 10.00 Å². The van der Waals surface area contributed by atoms with E-state index in [0.29, 0.717) is 18.6 Å². The maximum Gasteiger partial charge on any atom is 0.219 e. The average Bonchev–Trinajstić information content (AvgIpc) is 2.72. The molecule has 1 saturated carbocycles. The molecule has 0 radical (unpaired) electrons. The van der Waals surface area contributed by atoms with E-state index in [1.165, 1.54) is 5.56 Å². The lowest BCUT2D eigenvalue weighted by Gasteiger charge is -2.41. The van der Waals surface area contributed by atoms with Crippen LogP contribution >= 0.6 is 0 Å². The molecule has 146 valence electrons. The molecule has 1 aliphatic heterocycles. The number of nitriles is 1. The van der Waals surface area contributed by atoms with E-state index in [9.17, 15) is 4.79 Å². The van der Waals surface area contributed by atoms with Crippen LogP contribution in [0.3, 0.4) is 0 Å². The summed E-state index contributed by atoms with van der Waals surface area (Å²) in [5, 5.41) is 12.5. The second kappa shape index (κ2) is 9.34. The number of rotatable bonds is 5. The van der Waals surface area contributed by atoms with Crippen LogP contribution in [0.15, 0.2) is 24.3 Å². The van der Waals surface area contributed by atoms with Gasteiger partial charge in [0.25, 0.3) is 0 Å². The van der Waals surface area contributed by atoms with E-state index in [1.807, 2.05) is 30.1 Å². The second-order valence-corrected chi connectivity index (χ2v) is 7.86. The molecule has 1 aromatic carbocycles. The zero-order valence-electron chi connectivity index (χ0n) is 16.5. The van der Waals surface area contributed by atoms with Gasteiger partial charge in [0.05, 0.1) is 30.4 Å². The molecule has 1 aromatic rings. The third-order valence-corrected chi connectivity index (χ3v) is 6.22. The number of hydrogen-bond acceptors (Lipinski definition) is 4. The van der Waals surface area contributed by atoms with Gasteiger partial charge in [-0.2, -0.15) is 5.26 Å². The van der Waals surface area contributed by atoms with Crippen LogP contribution in [-0.2, 0) is 9.53 Å². The van der Waals surface area contributed by atoms with Crippen molar-refractivity contribution in [3.8, 4) is 6.07 Å². The van der Waals surface area contributed by atoms with Gasteiger partial charge in [0.2, 0.25) is 5.91 Å². The van der Waals surface area contributed by atoms with Gasteiger partial charge in [-0.1, -0.05) is 12.1 Å². The minimum atomic E-state index is 0.131. The quantitative estimate of drug-likeness (QED) is 0.866. The zero-order valence-corrected chi connectivity index (χ0v) is 16.5. The number of hydrogen-bond donors (Lipinski definition) is 1. The molecule has 1 saturated heterocycles. The summed E-state index contributed by atoms with van der Waals surface area (Å²) in [4.78, 5) is 14.0. The molecule has 2 aliphatic rings. The van der Waals surface area contributed by atoms with E-state index in [-0.39, 0.29) is 18.1 Å². The van der Waals surface area contributed by atoms with Gasteiger partial charge in [0.15, 0.2) is 0 Å². The van der Waals surface area contributed by atoms with Crippen molar-refractivity contribution in [1.29, 1.82) is 5.26 Å². The van der Waals surface area contributed by atoms with E-state index in [2.05, 4.69) is 17.5 Å². The predicted molar refractivity (Wildman–Crippen MR) is 105 cm³/mol. The van der Waals surface area contributed by atoms with Crippen LogP contribution in [0.5, 0.6) is 0 Å². The third kappa shape index (κ3) is 4.88. The van der Waals surface area contributed by atoms with E-state index < -0.39 is 0 Å². The van der Waals surface area contributed by atoms with Crippen LogP contribution in [0.4, 0.5) is 0 Å². The van der Waals surface area contributed by atoms with Crippen LogP contribution < -0.4 is 5.32 Å². The molecule has 0 bridgehead atoms. The molecule has 2 atom stereocenters. The minimum Gasteiger partial charge on any atom is -0.376 e. The van der Waals surface area contributed by atoms with Gasteiger partial charge in [-0.15, -0.1) is 0 Å². The Labute approximate surface area is 162 Å². The van der Waals surface area contributed by atoms with Crippen LogP contribution in [0, 0.1) is 11.3 Å². The van der Waals surface area contributed by atoms with Gasteiger partial charge in [-0.05, 0) is 69.2 Å². The number of amides is 1. The molecular formula is C22H31N3O2. The fourth-order valence-electron chi connectivity index (χ4n) is 4.65. The smallest absolute Gasteiger partial charge is 0.219 e. The van der Waals surface area contributed by atoms with Crippen molar-refractivity contribution in [2.24, 2.45) is 0 Å². The van der Waals surface area contributed by atoms with E-state index in [0.717, 1.165) is 50.6 Å². The summed E-state index contributed by atoms with van der Waals surface area (Å²) in [6.07, 6.45) is 6.68. The number of likely N-dealkylation sites (tertiary alicyclic amines) is 1. The predicted octanol–water partition coefficient (Wildman–Crippen LogP) is 3.20. The lowest BCUT2D eigenvalue weighted by atomic mass is 9.82. The molecule has 3 rings (SSSR count). The molecule has 1 aliphatic carbocycles. The number of likely N-dealkylation sites (N-methyl/N-ethyl adjacent to an activating group) is 1. The highest BCUT2D eigenvalue weighted by Gasteiger charge is 2.33. The van der Waals surface area contributed by atoms with Gasteiger partial charge in [0.1, 0.15) is 0 Å². The Kier molecular flexibility index (Phi) is 6.87. The SMILES string of the molecule is CN[C@H]1CCCN(C(C)=O)[C@H]1COC1CCC(c2cccc(C#N)c2)CC1. The summed E-state index contributed by atoms with van der Waals surface area (Å²) in [5.74, 6) is 0.663. The Morgan fingerprint density at radius 3 is 2.74 bits per heavy atom. The first kappa shape index (κ1) is 19.9. The number of benzene rings is 1. The highest BCUT2D eigenvalue weighted by Crippen LogP contribution is 2.34. The topological polar surface area (TPSA) is 65.4 Å². The Balaban J connectivity index is 1.52. The Morgan fingerprint density at radius 1 is 1.30 bits per heavy atom. The second-order valence-electron chi connectivity index (χ2n) is 7.86. The Morgan fingerprint density at radius 2 is 2.07 bits per heavy atom. The van der Waals surface area contributed by atoms with Gasteiger partial charge < -0.3 is 15.0 Å². The first-order valence-corrected chi connectivity index (χ1v) is 10.2. The highest BCUT2D eigenvalue weighted by molar-refractivity contribution is 5.73. The highest BCUT2D eigenvalue weighted by atomic mass is 16.5. The normalized spacial score (nSPS) is 28.6. The van der Waals surface area contributed by atoms with Crippen molar-refractivity contribution in [1.82, 2.24) is 10.2 Å². The number of ether oxygens (including phenoxy) is 1. The summed E-state index contributed by atoms with van der Waals surface area (Å²) in [7, 11) is 1.97. The van der Waals surface area contributed by atoms with Crippen molar-refractivity contribution in [2.45, 2.75) is 69.6 Å². The van der Waals surface area contributed by atoms with Crippen molar-refractivity contribution in [2.75, 3.05) is 20.2 Å². The lowest BCUT2D eigenvalue weighted by Crippen LogP contribution is -2.57. The molecule has 0 aromatic heterocycles. The number of nitrogens with one attached hydrogen (secondary N) is 1. The fourth-order valence-corrected chi connectivity index (χ4v) is 4.65. The molecule has 5 nitrogen and oxygen atoms in total. The van der Waals surface area contributed by atoms with Crippen molar-refractivity contribution in [3.05, 3.63) is 35.4 Å². The summed E-state index contributed by atoms with van der Waals surface area (Å²) in [6, 6.07) is 10.7. The van der Waals surface area contributed by atoms with E-state index in [1.54, 1.807) is 6.92 Å². The molecular weight excluding hydrogens is 338 g/mol. The van der Waals surface area contributed by atoms with Crippen molar-refractivity contribution < 1.29 is 9.53 Å². The van der Waals surface area contributed by atoms with E-state index >= 15 is 0 Å². The summed E-state index contributed by atoms with van der Waals surface area (Å²) in [5.41, 5.74) is 2.02. The van der Waals surface area contributed by atoms with Gasteiger partial charge in [0, 0.05) is 19.5 Å². The van der Waals surface area contributed by atoms with Crippen molar-refractivity contribution >= 4 is 5.91 Å². The molecule has 0 unspecified atom stereocenters. The summed E-state index contributed by atoms with van der Waals surface area (Å²) < 4.78 is 6.28. The molecule has 1 amide bonds. The third-order valence-electron chi connectivity index (χ3n) is 6.22. The lowest BCUT2D eigenvalue weighted by molar-refractivity contribution is -0.136. The maximum absolute atomic E-state index is 12.0. The number of nitrogens with zero attached hydrogens (tertiary/aromatic N) is 2. The summed E-state index contributed by atoms with van der Waals surface area (Å²) >= 11 is 0. The molecule has 1 heterocycles. The van der Waals surface area contributed by atoms with Crippen LogP contribution in [0.2, 0.25) is 0 Å². The number of carbonyl (C=O) groups is 1. The molecule has 5 heteroatoms. The largest absolute Gasteiger partial charge is 0.376 e. The molecule has 0 spiro atoms. The Hall–Kier alpha value is -1.90. The Bertz CT molecular complexity index is 676. The fraction of sp³-hybridized carbons (Fsp3) is 0.636. The first-order chi connectivity index (χ1) is 13.1. The first-order valence-electron chi connectivity index (χ1n) is 10.2. The molecule has 27 heavy (non-hydrogen) atoms. The average molecular weight is 370 g/mol. The number of carbonyl (C=O) groups excluding carboxylic acids is 1. The van der Waals surface area contributed by atoms with Gasteiger partial charge in [-0.3, -0.25) is 4.79 Å². The molecule has 1 N–H and O–H groups in total. The van der Waals surface area contributed by atoms with Gasteiger partial charge >= 0.3 is 0 Å². The van der Waals surface area contributed by atoms with Crippen LogP contribution in [-0.4, -0.2) is 49.2 Å². The summed E-state index contributed by atoms with van der Waals surface area (Å²) in [6.45, 7) is 3.11. The monoisotopic (exact) mass is 369 g/mol. The standard InChI is InChI=1S/C22H31N3O2/c1-16(26)25-12-4-7-21(24-2)22(25)15-27-20-10-8-18(9-11-20)19-6-3-5-17(13-19)14-23/h3,5-6,13,18,20-22,24H,4,7-12,15H2,1-2H3/t18?,20?,21-,22-/m0/s1. The zero-order chi connectivity index (χ0) is 19.2. The van der Waals surface area contributed by atoms with Crippen molar-refractivity contribution in [3.63, 3.8) is 0 Å². The maximum atomic E-state index is 12.0. The van der Waals surface area contributed by atoms with Crippen LogP contribution in [0.1, 0.15) is 62.5 Å². The minimum absolute atomic E-state index is 0.131.